The maximum absolute atomic E-state index is 13.7. The third kappa shape index (κ3) is 4.30. The minimum absolute atomic E-state index is 0.0256. The molecule has 25 heavy (non-hydrogen) atoms. The third-order valence-electron chi connectivity index (χ3n) is 3.33. The molecule has 0 spiro atoms. The van der Waals surface area contributed by atoms with E-state index in [1.807, 2.05) is 0 Å². The second-order valence-corrected chi connectivity index (χ2v) is 8.14. The van der Waals surface area contributed by atoms with E-state index in [0.717, 1.165) is 10.4 Å². The van der Waals surface area contributed by atoms with Crippen LogP contribution in [0.1, 0.15) is 15.9 Å². The number of carbonyl (C=O) groups excluding carboxylic acids is 1. The van der Waals surface area contributed by atoms with Crippen molar-refractivity contribution in [1.29, 1.82) is 0 Å². The number of halogens is 3. The lowest BCUT2D eigenvalue weighted by molar-refractivity contribution is 0.0469. The van der Waals surface area contributed by atoms with Crippen LogP contribution in [0.4, 0.5) is 4.39 Å². The van der Waals surface area contributed by atoms with Crippen molar-refractivity contribution in [1.82, 2.24) is 4.31 Å². The van der Waals surface area contributed by atoms with E-state index >= 15 is 0 Å². The van der Waals surface area contributed by atoms with Crippen molar-refractivity contribution in [2.24, 2.45) is 0 Å². The highest BCUT2D eigenvalue weighted by Gasteiger charge is 2.23. The second-order valence-electron chi connectivity index (χ2n) is 5.21. The first-order valence-electron chi connectivity index (χ1n) is 6.96. The number of benzene rings is 2. The minimum Gasteiger partial charge on any atom is -0.457 e. The van der Waals surface area contributed by atoms with Crippen LogP contribution < -0.4 is 0 Å². The molecular weight excluding hydrogens is 392 g/mol. The van der Waals surface area contributed by atoms with E-state index in [0.29, 0.717) is 0 Å². The first kappa shape index (κ1) is 19.7. The Morgan fingerprint density at radius 2 is 1.84 bits per heavy atom. The van der Waals surface area contributed by atoms with Gasteiger partial charge in [0.25, 0.3) is 0 Å². The number of nitrogens with zero attached hydrogens (tertiary/aromatic N) is 1. The predicted molar refractivity (Wildman–Crippen MR) is 92.9 cm³/mol. The molecule has 0 atom stereocenters. The summed E-state index contributed by atoms with van der Waals surface area (Å²) in [6, 6.07) is 7.81. The standard InChI is InChI=1S/C16H14Cl2FNO4S/c1-20(2)25(22,23)15-8-10(6-7-13(15)18)16(21)24-9-11-12(17)4-3-5-14(11)19/h3-8H,9H2,1-2H3. The maximum atomic E-state index is 13.7. The summed E-state index contributed by atoms with van der Waals surface area (Å²) < 4.78 is 44.1. The largest absolute Gasteiger partial charge is 0.457 e. The van der Waals surface area contributed by atoms with E-state index in [2.05, 4.69) is 0 Å². The molecule has 0 aliphatic heterocycles. The van der Waals surface area contributed by atoms with Crippen molar-refractivity contribution in [3.63, 3.8) is 0 Å². The van der Waals surface area contributed by atoms with E-state index in [1.165, 1.54) is 44.4 Å². The van der Waals surface area contributed by atoms with Gasteiger partial charge in [0.2, 0.25) is 10.0 Å². The average Bonchev–Trinajstić information content (AvgIpc) is 2.54. The Morgan fingerprint density at radius 3 is 2.44 bits per heavy atom. The van der Waals surface area contributed by atoms with Crippen molar-refractivity contribution >= 4 is 39.2 Å². The van der Waals surface area contributed by atoms with Crippen LogP contribution in [0.25, 0.3) is 0 Å². The number of hydrogen-bond donors (Lipinski definition) is 0. The molecule has 9 heteroatoms. The van der Waals surface area contributed by atoms with Crippen LogP contribution in [-0.4, -0.2) is 32.8 Å². The summed E-state index contributed by atoms with van der Waals surface area (Å²) in [5, 5.41) is 0.0992. The molecule has 0 saturated carbocycles. The highest BCUT2D eigenvalue weighted by atomic mass is 35.5. The number of carbonyl (C=O) groups is 1. The highest BCUT2D eigenvalue weighted by molar-refractivity contribution is 7.89. The van der Waals surface area contributed by atoms with Gasteiger partial charge in [0.15, 0.2) is 0 Å². The molecule has 0 radical (unpaired) electrons. The topological polar surface area (TPSA) is 63.7 Å². The smallest absolute Gasteiger partial charge is 0.338 e. The fourth-order valence-corrected chi connectivity index (χ4v) is 3.53. The molecule has 0 N–H and O–H groups in total. The van der Waals surface area contributed by atoms with Crippen molar-refractivity contribution in [3.8, 4) is 0 Å². The second kappa shape index (κ2) is 7.70. The van der Waals surface area contributed by atoms with Gasteiger partial charge in [0, 0.05) is 19.7 Å². The van der Waals surface area contributed by atoms with E-state index in [9.17, 15) is 17.6 Å². The molecule has 2 aromatic carbocycles. The van der Waals surface area contributed by atoms with Gasteiger partial charge in [0.1, 0.15) is 17.3 Å². The third-order valence-corrected chi connectivity index (χ3v) is 5.99. The van der Waals surface area contributed by atoms with E-state index in [1.54, 1.807) is 0 Å². The Bertz CT molecular complexity index is 896. The summed E-state index contributed by atoms with van der Waals surface area (Å²) in [7, 11) is -1.14. The number of esters is 1. The van der Waals surface area contributed by atoms with Gasteiger partial charge in [-0.2, -0.15) is 0 Å². The zero-order valence-corrected chi connectivity index (χ0v) is 15.6. The Labute approximate surface area is 155 Å². The number of sulfonamides is 1. The molecular formula is C16H14Cl2FNO4S. The molecule has 0 aliphatic carbocycles. The van der Waals surface area contributed by atoms with Gasteiger partial charge in [-0.25, -0.2) is 21.9 Å². The zero-order chi connectivity index (χ0) is 18.8. The van der Waals surface area contributed by atoms with E-state index < -0.39 is 21.8 Å². The average molecular weight is 406 g/mol. The molecule has 2 rings (SSSR count). The molecule has 2 aromatic rings. The summed E-state index contributed by atoms with van der Waals surface area (Å²) in [5.74, 6) is -1.43. The lowest BCUT2D eigenvalue weighted by atomic mass is 10.2. The molecule has 0 saturated heterocycles. The normalized spacial score (nSPS) is 11.6. The summed E-state index contributed by atoms with van der Waals surface area (Å²) in [4.78, 5) is 11.9. The van der Waals surface area contributed by atoms with Crippen LogP contribution in [0.15, 0.2) is 41.3 Å². The Kier molecular flexibility index (Phi) is 6.05. The summed E-state index contributed by atoms with van der Waals surface area (Å²) in [6.07, 6.45) is 0. The van der Waals surface area contributed by atoms with E-state index in [4.69, 9.17) is 27.9 Å². The molecule has 0 heterocycles. The summed E-state index contributed by atoms with van der Waals surface area (Å²) in [6.45, 7) is -0.386. The van der Waals surface area contributed by atoms with E-state index in [-0.39, 0.29) is 32.7 Å². The van der Waals surface area contributed by atoms with Crippen LogP contribution >= 0.6 is 23.2 Å². The number of ether oxygens (including phenoxy) is 1. The Hall–Kier alpha value is -1.67. The highest BCUT2D eigenvalue weighted by Crippen LogP contribution is 2.26. The van der Waals surface area contributed by atoms with Crippen molar-refractivity contribution < 1.29 is 22.3 Å². The minimum atomic E-state index is -3.83. The lowest BCUT2D eigenvalue weighted by Crippen LogP contribution is -2.23. The Balaban J connectivity index is 2.26. The molecule has 0 aliphatic rings. The summed E-state index contributed by atoms with van der Waals surface area (Å²) >= 11 is 11.8. The first-order valence-corrected chi connectivity index (χ1v) is 9.16. The fourth-order valence-electron chi connectivity index (χ4n) is 1.92. The lowest BCUT2D eigenvalue weighted by Gasteiger charge is -2.14. The monoisotopic (exact) mass is 405 g/mol. The molecule has 0 aromatic heterocycles. The molecule has 0 fully saturated rings. The number of rotatable bonds is 5. The van der Waals surface area contributed by atoms with Gasteiger partial charge >= 0.3 is 5.97 Å². The van der Waals surface area contributed by atoms with Gasteiger partial charge < -0.3 is 4.74 Å². The Morgan fingerprint density at radius 1 is 1.16 bits per heavy atom. The SMILES string of the molecule is CN(C)S(=O)(=O)c1cc(C(=O)OCc2c(F)cccc2Cl)ccc1Cl. The van der Waals surface area contributed by atoms with Crippen LogP contribution in [-0.2, 0) is 21.4 Å². The quantitative estimate of drug-likeness (QED) is 0.710. The van der Waals surface area contributed by atoms with Gasteiger partial charge in [-0.1, -0.05) is 29.3 Å². The van der Waals surface area contributed by atoms with Gasteiger partial charge in [-0.15, -0.1) is 0 Å². The predicted octanol–water partition coefficient (Wildman–Crippen LogP) is 3.74. The van der Waals surface area contributed by atoms with Crippen molar-refractivity contribution in [2.75, 3.05) is 14.1 Å². The maximum Gasteiger partial charge on any atom is 0.338 e. The summed E-state index contributed by atoms with van der Waals surface area (Å²) in [5.41, 5.74) is 0.00454. The van der Waals surface area contributed by atoms with Crippen LogP contribution in [0.3, 0.4) is 0 Å². The zero-order valence-electron chi connectivity index (χ0n) is 13.3. The number of hydrogen-bond acceptors (Lipinski definition) is 4. The van der Waals surface area contributed by atoms with Crippen LogP contribution in [0.5, 0.6) is 0 Å². The van der Waals surface area contributed by atoms with Crippen molar-refractivity contribution in [3.05, 3.63) is 63.4 Å². The van der Waals surface area contributed by atoms with Crippen molar-refractivity contribution in [2.45, 2.75) is 11.5 Å². The van der Waals surface area contributed by atoms with Crippen LogP contribution in [0, 0.1) is 5.82 Å². The van der Waals surface area contributed by atoms with Crippen LogP contribution in [0.2, 0.25) is 10.0 Å². The van der Waals surface area contributed by atoms with Gasteiger partial charge in [-0.3, -0.25) is 0 Å². The molecule has 0 unspecified atom stereocenters. The van der Waals surface area contributed by atoms with Gasteiger partial charge in [-0.05, 0) is 30.3 Å². The molecule has 0 bridgehead atoms. The van der Waals surface area contributed by atoms with Gasteiger partial charge in [0.05, 0.1) is 15.6 Å². The molecule has 5 nitrogen and oxygen atoms in total. The first-order chi connectivity index (χ1) is 11.6. The molecule has 134 valence electrons. The molecule has 0 amide bonds. The fraction of sp³-hybridized carbons (Fsp3) is 0.188.